The summed E-state index contributed by atoms with van der Waals surface area (Å²) in [6, 6.07) is 59.5. The van der Waals surface area contributed by atoms with Crippen LogP contribution in [0.15, 0.2) is 164 Å². The second-order valence-corrected chi connectivity index (χ2v) is 11.8. The smallest absolute Gasteiger partial charge is 0.0561 e. The Bertz CT molecular complexity index is 2480. The predicted molar refractivity (Wildman–Crippen MR) is 189 cm³/mol. The van der Waals surface area contributed by atoms with E-state index in [0.29, 0.717) is 0 Å². The number of fused-ring (bicyclic) bond motifs is 9. The van der Waals surface area contributed by atoms with E-state index in [2.05, 4.69) is 177 Å². The van der Waals surface area contributed by atoms with E-state index in [-0.39, 0.29) is 0 Å². The van der Waals surface area contributed by atoms with E-state index in [1.165, 1.54) is 65.4 Å². The standard InChI is InChI=1S/C42H27N3/c1-2-12-28(13-3-1)43-41-26-29(44-37-18-8-4-14-31(37)32-15-5-9-19-38(32)44)22-24-35(41)36-25-23-30(27-42(36)43)45-39-20-10-6-16-33(39)34-17-7-11-21-40(34)45/h1-27H. The number of hydrogen-bond acceptors (Lipinski definition) is 0. The first-order valence-electron chi connectivity index (χ1n) is 15.5. The lowest BCUT2D eigenvalue weighted by atomic mass is 10.1. The predicted octanol–water partition coefficient (Wildman–Crippen LogP) is 11.0. The van der Waals surface area contributed by atoms with Crippen LogP contribution in [0.3, 0.4) is 0 Å². The molecule has 0 aliphatic heterocycles. The van der Waals surface area contributed by atoms with Gasteiger partial charge in [-0.2, -0.15) is 0 Å². The maximum Gasteiger partial charge on any atom is 0.0561 e. The van der Waals surface area contributed by atoms with Gasteiger partial charge in [0.15, 0.2) is 0 Å². The molecule has 0 spiro atoms. The van der Waals surface area contributed by atoms with Gasteiger partial charge in [0, 0.05) is 49.4 Å². The lowest BCUT2D eigenvalue weighted by Crippen LogP contribution is -1.98. The summed E-state index contributed by atoms with van der Waals surface area (Å²) in [5.74, 6) is 0. The van der Waals surface area contributed by atoms with Gasteiger partial charge < -0.3 is 13.7 Å². The van der Waals surface area contributed by atoms with Gasteiger partial charge in [-0.1, -0.05) is 103 Å². The Labute approximate surface area is 259 Å². The van der Waals surface area contributed by atoms with Crippen LogP contribution < -0.4 is 0 Å². The van der Waals surface area contributed by atoms with Gasteiger partial charge in [-0.3, -0.25) is 0 Å². The van der Waals surface area contributed by atoms with E-state index in [0.717, 1.165) is 17.1 Å². The van der Waals surface area contributed by atoms with Crippen molar-refractivity contribution in [1.29, 1.82) is 0 Å². The van der Waals surface area contributed by atoms with E-state index in [1.807, 2.05) is 0 Å². The van der Waals surface area contributed by atoms with Crippen molar-refractivity contribution in [2.75, 3.05) is 0 Å². The van der Waals surface area contributed by atoms with Gasteiger partial charge in [-0.15, -0.1) is 0 Å². The Morgan fingerprint density at radius 2 is 0.533 bits per heavy atom. The average molecular weight is 574 g/mol. The third-order valence-electron chi connectivity index (χ3n) is 9.43. The maximum atomic E-state index is 2.43. The van der Waals surface area contributed by atoms with E-state index < -0.39 is 0 Å². The summed E-state index contributed by atoms with van der Waals surface area (Å²) >= 11 is 0. The number of rotatable bonds is 3. The first-order chi connectivity index (χ1) is 22.3. The van der Waals surface area contributed by atoms with Gasteiger partial charge >= 0.3 is 0 Å². The summed E-state index contributed by atoms with van der Waals surface area (Å²) in [7, 11) is 0. The monoisotopic (exact) mass is 573 g/mol. The second kappa shape index (κ2) is 9.22. The lowest BCUT2D eigenvalue weighted by Gasteiger charge is -2.12. The highest BCUT2D eigenvalue weighted by Crippen LogP contribution is 2.39. The molecule has 3 heteroatoms. The minimum Gasteiger partial charge on any atom is -0.309 e. The Kier molecular flexibility index (Phi) is 5.00. The number of aromatic nitrogens is 3. The lowest BCUT2D eigenvalue weighted by molar-refractivity contribution is 1.14. The number of benzene rings is 7. The van der Waals surface area contributed by atoms with Crippen LogP contribution in [0.1, 0.15) is 0 Å². The van der Waals surface area contributed by atoms with Crippen molar-refractivity contribution in [2.24, 2.45) is 0 Å². The summed E-state index contributed by atoms with van der Waals surface area (Å²) in [6.45, 7) is 0. The fourth-order valence-electron chi connectivity index (χ4n) is 7.53. The van der Waals surface area contributed by atoms with Crippen LogP contribution >= 0.6 is 0 Å². The highest BCUT2D eigenvalue weighted by molar-refractivity contribution is 6.13. The van der Waals surface area contributed by atoms with Crippen molar-refractivity contribution in [3.8, 4) is 17.1 Å². The molecule has 10 aromatic rings. The van der Waals surface area contributed by atoms with Crippen molar-refractivity contribution < 1.29 is 0 Å². The van der Waals surface area contributed by atoms with Gasteiger partial charge in [-0.25, -0.2) is 0 Å². The number of para-hydroxylation sites is 5. The maximum absolute atomic E-state index is 2.43. The molecule has 0 amide bonds. The zero-order chi connectivity index (χ0) is 29.5. The number of hydrogen-bond donors (Lipinski definition) is 0. The molecule has 3 heterocycles. The van der Waals surface area contributed by atoms with Gasteiger partial charge in [0.1, 0.15) is 0 Å². The van der Waals surface area contributed by atoms with Crippen LogP contribution in [0.4, 0.5) is 0 Å². The first-order valence-corrected chi connectivity index (χ1v) is 15.5. The summed E-state index contributed by atoms with van der Waals surface area (Å²) in [6.07, 6.45) is 0. The molecule has 3 aromatic heterocycles. The zero-order valence-electron chi connectivity index (χ0n) is 24.4. The fraction of sp³-hybridized carbons (Fsp3) is 0. The molecule has 0 bridgehead atoms. The molecule has 0 radical (unpaired) electrons. The van der Waals surface area contributed by atoms with E-state index in [4.69, 9.17) is 0 Å². The average Bonchev–Trinajstić information content (AvgIpc) is 3.74. The minimum absolute atomic E-state index is 1.15. The number of nitrogens with zero attached hydrogens (tertiary/aromatic N) is 3. The molecule has 0 saturated carbocycles. The van der Waals surface area contributed by atoms with Crippen LogP contribution in [0.25, 0.3) is 82.5 Å². The fourth-order valence-corrected chi connectivity index (χ4v) is 7.53. The minimum atomic E-state index is 1.15. The van der Waals surface area contributed by atoms with Gasteiger partial charge in [0.25, 0.3) is 0 Å². The Morgan fingerprint density at radius 3 is 0.933 bits per heavy atom. The quantitative estimate of drug-likeness (QED) is 0.200. The summed E-state index contributed by atoms with van der Waals surface area (Å²) in [4.78, 5) is 0. The van der Waals surface area contributed by atoms with Gasteiger partial charge in [0.05, 0.1) is 33.1 Å². The molecule has 0 aliphatic carbocycles. The van der Waals surface area contributed by atoms with E-state index in [9.17, 15) is 0 Å². The molecule has 0 fully saturated rings. The third-order valence-corrected chi connectivity index (χ3v) is 9.43. The molecule has 0 N–H and O–H groups in total. The zero-order valence-corrected chi connectivity index (χ0v) is 24.4. The summed E-state index contributed by atoms with van der Waals surface area (Å²) < 4.78 is 7.24. The molecular weight excluding hydrogens is 546 g/mol. The van der Waals surface area contributed by atoms with Crippen LogP contribution in [0, 0.1) is 0 Å². The van der Waals surface area contributed by atoms with E-state index in [1.54, 1.807) is 0 Å². The van der Waals surface area contributed by atoms with Crippen molar-refractivity contribution >= 4 is 65.4 Å². The normalized spacial score (nSPS) is 12.0. The van der Waals surface area contributed by atoms with Crippen molar-refractivity contribution in [3.63, 3.8) is 0 Å². The molecule has 0 atom stereocenters. The highest BCUT2D eigenvalue weighted by atomic mass is 15.0. The first kappa shape index (κ1) is 24.4. The van der Waals surface area contributed by atoms with Crippen LogP contribution in [0.5, 0.6) is 0 Å². The van der Waals surface area contributed by atoms with Crippen LogP contribution in [-0.4, -0.2) is 13.7 Å². The second-order valence-electron chi connectivity index (χ2n) is 11.8. The van der Waals surface area contributed by atoms with Crippen molar-refractivity contribution in [2.45, 2.75) is 0 Å². The Morgan fingerprint density at radius 1 is 0.222 bits per heavy atom. The molecular formula is C42H27N3. The van der Waals surface area contributed by atoms with Crippen LogP contribution in [0.2, 0.25) is 0 Å². The molecule has 3 nitrogen and oxygen atoms in total. The van der Waals surface area contributed by atoms with Crippen LogP contribution in [-0.2, 0) is 0 Å². The summed E-state index contributed by atoms with van der Waals surface area (Å²) in [5, 5.41) is 7.57. The molecule has 10 rings (SSSR count). The molecule has 0 saturated heterocycles. The highest BCUT2D eigenvalue weighted by Gasteiger charge is 2.18. The largest absolute Gasteiger partial charge is 0.309 e. The van der Waals surface area contributed by atoms with Crippen molar-refractivity contribution in [1.82, 2.24) is 13.7 Å². The third kappa shape index (κ3) is 3.41. The van der Waals surface area contributed by atoms with Crippen molar-refractivity contribution in [3.05, 3.63) is 164 Å². The summed E-state index contributed by atoms with van der Waals surface area (Å²) in [5.41, 5.74) is 10.7. The topological polar surface area (TPSA) is 14.8 Å². The molecule has 0 unspecified atom stereocenters. The Balaban J connectivity index is 1.29. The molecule has 210 valence electrons. The molecule has 7 aromatic carbocycles. The SMILES string of the molecule is c1ccc(-n2c3cc(-n4c5ccccc5c5ccccc54)ccc3c3ccc(-n4c5ccccc5c5ccccc54)cc32)cc1. The van der Waals surface area contributed by atoms with E-state index >= 15 is 0 Å². The van der Waals surface area contributed by atoms with Gasteiger partial charge in [0.2, 0.25) is 0 Å². The Hall–Kier alpha value is -6.06. The molecule has 45 heavy (non-hydrogen) atoms. The molecule has 0 aliphatic rings. The van der Waals surface area contributed by atoms with Gasteiger partial charge in [-0.05, 0) is 60.7 Å².